The van der Waals surface area contributed by atoms with Crippen LogP contribution in [0.4, 0.5) is 5.69 Å². The van der Waals surface area contributed by atoms with Gasteiger partial charge in [-0.2, -0.15) is 0 Å². The lowest BCUT2D eigenvalue weighted by molar-refractivity contribution is -0.386. The first-order chi connectivity index (χ1) is 7.61. The molecule has 1 aromatic heterocycles. The van der Waals surface area contributed by atoms with Crippen LogP contribution in [0, 0.1) is 23.2 Å². The molecule has 0 fully saturated rings. The van der Waals surface area contributed by atoms with Gasteiger partial charge in [0.15, 0.2) is 6.20 Å². The van der Waals surface area contributed by atoms with Crippen LogP contribution < -0.4 is 0 Å². The molecule has 1 aromatic rings. The summed E-state index contributed by atoms with van der Waals surface area (Å²) in [6.45, 7) is 6.01. The summed E-state index contributed by atoms with van der Waals surface area (Å²) in [5.41, 5.74) is 2.75. The third-order valence-corrected chi connectivity index (χ3v) is 2.64. The second-order valence-corrected chi connectivity index (χ2v) is 3.88. The van der Waals surface area contributed by atoms with Gasteiger partial charge in [-0.3, -0.25) is 10.1 Å². The minimum absolute atomic E-state index is 0.0409. The molecule has 1 radical (unpaired) electrons. The molecule has 0 atom stereocenters. The normalized spacial score (nSPS) is 10.4. The Morgan fingerprint density at radius 2 is 1.94 bits per heavy atom. The van der Waals surface area contributed by atoms with Crippen LogP contribution in [-0.4, -0.2) is 9.91 Å². The fourth-order valence-corrected chi connectivity index (χ4v) is 1.81. The van der Waals surface area contributed by atoms with E-state index in [0.29, 0.717) is 0 Å². The standard InChI is InChI=1S/C12H17N2O2/c1-4-6-10-9(3)11(7-5-2)13-8-12(10)14(15)16/h4-7H2,1-3H3. The van der Waals surface area contributed by atoms with E-state index in [0.717, 1.165) is 42.5 Å². The van der Waals surface area contributed by atoms with Crippen molar-refractivity contribution in [3.8, 4) is 0 Å². The Hall–Kier alpha value is -1.45. The Labute approximate surface area is 95.9 Å². The Kier molecular flexibility index (Phi) is 4.40. The minimum Gasteiger partial charge on any atom is -0.258 e. The quantitative estimate of drug-likeness (QED) is 0.567. The molecule has 1 heterocycles. The van der Waals surface area contributed by atoms with E-state index in [4.69, 9.17) is 0 Å². The Balaban J connectivity index is 3.23. The number of nitrogens with zero attached hydrogens (tertiary/aromatic N) is 2. The molecule has 0 bridgehead atoms. The highest BCUT2D eigenvalue weighted by molar-refractivity contribution is 5.44. The molecule has 4 heteroatoms. The summed E-state index contributed by atoms with van der Waals surface area (Å²) < 4.78 is 0. The van der Waals surface area contributed by atoms with Gasteiger partial charge < -0.3 is 0 Å². The van der Waals surface area contributed by atoms with Crippen molar-refractivity contribution in [2.75, 3.05) is 0 Å². The highest BCUT2D eigenvalue weighted by atomic mass is 16.6. The van der Waals surface area contributed by atoms with E-state index >= 15 is 0 Å². The second kappa shape index (κ2) is 5.58. The van der Waals surface area contributed by atoms with Gasteiger partial charge in [0.05, 0.1) is 4.92 Å². The van der Waals surface area contributed by atoms with Crippen molar-refractivity contribution in [3.05, 3.63) is 33.1 Å². The first kappa shape index (κ1) is 12.6. The predicted octanol–water partition coefficient (Wildman–Crippen LogP) is 3.00. The third kappa shape index (κ3) is 2.56. The summed E-state index contributed by atoms with van der Waals surface area (Å²) in [7, 11) is 0. The van der Waals surface area contributed by atoms with Gasteiger partial charge in [0.2, 0.25) is 0 Å². The molecule has 0 unspecified atom stereocenters. The zero-order valence-corrected chi connectivity index (χ0v) is 10.0. The van der Waals surface area contributed by atoms with Gasteiger partial charge >= 0.3 is 5.69 Å². The van der Waals surface area contributed by atoms with Crippen molar-refractivity contribution in [3.63, 3.8) is 0 Å². The zero-order chi connectivity index (χ0) is 12.1. The highest BCUT2D eigenvalue weighted by Gasteiger charge is 2.18. The molecule has 0 aliphatic rings. The SMILES string of the molecule is CCCc1n[c]c([N+](=O)[O-])c(CCC)c1C. The van der Waals surface area contributed by atoms with E-state index < -0.39 is 0 Å². The Morgan fingerprint density at radius 1 is 1.31 bits per heavy atom. The maximum atomic E-state index is 10.9. The van der Waals surface area contributed by atoms with Gasteiger partial charge in [-0.05, 0) is 25.3 Å². The number of aryl methyl sites for hydroxylation is 1. The summed E-state index contributed by atoms with van der Waals surface area (Å²) in [6, 6.07) is 0. The molecule has 0 amide bonds. The van der Waals surface area contributed by atoms with Crippen molar-refractivity contribution in [2.45, 2.75) is 46.5 Å². The van der Waals surface area contributed by atoms with Crippen LogP contribution in [0.25, 0.3) is 0 Å². The number of pyridine rings is 1. The molecule has 0 saturated carbocycles. The Bertz CT molecular complexity index is 389. The second-order valence-electron chi connectivity index (χ2n) is 3.88. The van der Waals surface area contributed by atoms with E-state index in [-0.39, 0.29) is 10.6 Å². The van der Waals surface area contributed by atoms with E-state index in [9.17, 15) is 10.1 Å². The molecule has 0 spiro atoms. The minimum atomic E-state index is -0.388. The summed E-state index contributed by atoms with van der Waals surface area (Å²) in [6.07, 6.45) is 6.03. The smallest absolute Gasteiger partial charge is 0.258 e. The summed E-state index contributed by atoms with van der Waals surface area (Å²) >= 11 is 0. The summed E-state index contributed by atoms with van der Waals surface area (Å²) in [4.78, 5) is 14.5. The van der Waals surface area contributed by atoms with Crippen LogP contribution in [0.1, 0.15) is 43.5 Å². The maximum absolute atomic E-state index is 10.9. The van der Waals surface area contributed by atoms with E-state index in [1.165, 1.54) is 0 Å². The van der Waals surface area contributed by atoms with Gasteiger partial charge in [0.1, 0.15) is 0 Å². The lowest BCUT2D eigenvalue weighted by Gasteiger charge is -2.09. The highest BCUT2D eigenvalue weighted by Crippen LogP contribution is 2.24. The number of hydrogen-bond acceptors (Lipinski definition) is 3. The molecule has 16 heavy (non-hydrogen) atoms. The van der Waals surface area contributed by atoms with Crippen LogP contribution in [0.5, 0.6) is 0 Å². The topological polar surface area (TPSA) is 56.0 Å². The van der Waals surface area contributed by atoms with Crippen molar-refractivity contribution in [1.82, 2.24) is 4.98 Å². The zero-order valence-electron chi connectivity index (χ0n) is 10.0. The molecular formula is C12H17N2O2. The van der Waals surface area contributed by atoms with Gasteiger partial charge in [-0.25, -0.2) is 4.98 Å². The average molecular weight is 221 g/mol. The fourth-order valence-electron chi connectivity index (χ4n) is 1.81. The van der Waals surface area contributed by atoms with E-state index in [2.05, 4.69) is 18.1 Å². The predicted molar refractivity (Wildman–Crippen MR) is 62.5 cm³/mol. The maximum Gasteiger partial charge on any atom is 0.300 e. The molecule has 0 saturated heterocycles. The van der Waals surface area contributed by atoms with Gasteiger partial charge in [-0.1, -0.05) is 26.7 Å². The first-order valence-electron chi connectivity index (χ1n) is 5.66. The molecule has 4 nitrogen and oxygen atoms in total. The van der Waals surface area contributed by atoms with Gasteiger partial charge in [-0.15, -0.1) is 0 Å². The molecular weight excluding hydrogens is 204 g/mol. The van der Waals surface area contributed by atoms with E-state index in [1.54, 1.807) is 0 Å². The average Bonchev–Trinajstić information content (AvgIpc) is 2.24. The molecule has 0 aromatic carbocycles. The fraction of sp³-hybridized carbons (Fsp3) is 0.583. The molecule has 0 aliphatic heterocycles. The van der Waals surface area contributed by atoms with Crippen molar-refractivity contribution in [2.24, 2.45) is 0 Å². The lowest BCUT2D eigenvalue weighted by Crippen LogP contribution is -2.04. The summed E-state index contributed by atoms with van der Waals surface area (Å²) in [5, 5.41) is 10.9. The number of aromatic nitrogens is 1. The third-order valence-electron chi connectivity index (χ3n) is 2.64. The van der Waals surface area contributed by atoms with Gasteiger partial charge in [0, 0.05) is 11.3 Å². The largest absolute Gasteiger partial charge is 0.300 e. The van der Waals surface area contributed by atoms with Crippen LogP contribution >= 0.6 is 0 Å². The van der Waals surface area contributed by atoms with Crippen LogP contribution in [-0.2, 0) is 12.8 Å². The summed E-state index contributed by atoms with van der Waals surface area (Å²) in [5.74, 6) is 0. The van der Waals surface area contributed by atoms with Crippen LogP contribution in [0.3, 0.4) is 0 Å². The monoisotopic (exact) mass is 221 g/mol. The van der Waals surface area contributed by atoms with Crippen LogP contribution in [0.2, 0.25) is 0 Å². The lowest BCUT2D eigenvalue weighted by atomic mass is 10.00. The number of nitro groups is 1. The van der Waals surface area contributed by atoms with Crippen molar-refractivity contribution >= 4 is 5.69 Å². The van der Waals surface area contributed by atoms with Gasteiger partial charge in [0.25, 0.3) is 0 Å². The number of hydrogen-bond donors (Lipinski definition) is 0. The molecule has 0 aliphatic carbocycles. The van der Waals surface area contributed by atoms with E-state index in [1.807, 2.05) is 13.8 Å². The van der Waals surface area contributed by atoms with Crippen molar-refractivity contribution in [1.29, 1.82) is 0 Å². The molecule has 1 rings (SSSR count). The molecule has 87 valence electrons. The first-order valence-corrected chi connectivity index (χ1v) is 5.66. The molecule has 0 N–H and O–H groups in total. The Morgan fingerprint density at radius 3 is 2.44 bits per heavy atom. The van der Waals surface area contributed by atoms with Crippen molar-refractivity contribution < 1.29 is 4.92 Å². The van der Waals surface area contributed by atoms with Crippen LogP contribution in [0.15, 0.2) is 0 Å². The number of rotatable bonds is 5.